The van der Waals surface area contributed by atoms with Gasteiger partial charge in [-0.05, 0) is 39.4 Å². The average Bonchev–Trinajstić information content (AvgIpc) is 2.69. The van der Waals surface area contributed by atoms with Crippen molar-refractivity contribution in [2.75, 3.05) is 40.4 Å². The molecule has 23 heavy (non-hydrogen) atoms. The highest BCUT2D eigenvalue weighted by atomic mass is 16.5. The maximum atomic E-state index is 6.07. The number of benzene rings is 1. The van der Waals surface area contributed by atoms with E-state index < -0.39 is 0 Å². The minimum absolute atomic E-state index is 0.553. The molecule has 1 aromatic carbocycles. The van der Waals surface area contributed by atoms with Gasteiger partial charge in [-0.1, -0.05) is 25.5 Å². The van der Waals surface area contributed by atoms with E-state index in [-0.39, 0.29) is 0 Å². The van der Waals surface area contributed by atoms with Crippen molar-refractivity contribution in [2.24, 2.45) is 0 Å². The molecule has 2 rings (SSSR count). The molecule has 0 saturated carbocycles. The third kappa shape index (κ3) is 5.11. The van der Waals surface area contributed by atoms with Crippen LogP contribution in [0.3, 0.4) is 0 Å². The summed E-state index contributed by atoms with van der Waals surface area (Å²) in [7, 11) is 3.93. The van der Waals surface area contributed by atoms with Gasteiger partial charge in [0.05, 0.1) is 13.7 Å². The Kier molecular flexibility index (Phi) is 7.18. The van der Waals surface area contributed by atoms with Crippen LogP contribution in [0.25, 0.3) is 0 Å². The number of methoxy groups -OCH3 is 1. The van der Waals surface area contributed by atoms with Gasteiger partial charge in [0.1, 0.15) is 0 Å². The predicted molar refractivity (Wildman–Crippen MR) is 95.4 cm³/mol. The Balaban J connectivity index is 2.14. The van der Waals surface area contributed by atoms with Gasteiger partial charge in [-0.15, -0.1) is 0 Å². The second-order valence-corrected chi connectivity index (χ2v) is 6.59. The van der Waals surface area contributed by atoms with Crippen LogP contribution in [-0.4, -0.2) is 56.2 Å². The number of likely N-dealkylation sites (N-methyl/N-ethyl adjacent to an activating group) is 1. The monoisotopic (exact) mass is 320 g/mol. The first-order valence-electron chi connectivity index (χ1n) is 8.87. The van der Waals surface area contributed by atoms with Gasteiger partial charge in [0, 0.05) is 31.2 Å². The Morgan fingerprint density at radius 3 is 2.83 bits per heavy atom. The Bertz CT molecular complexity index is 478. The van der Waals surface area contributed by atoms with Crippen molar-refractivity contribution in [1.29, 1.82) is 0 Å². The molecule has 0 spiro atoms. The average molecular weight is 320 g/mol. The van der Waals surface area contributed by atoms with Crippen molar-refractivity contribution < 1.29 is 9.47 Å². The minimum atomic E-state index is 0.553. The zero-order valence-corrected chi connectivity index (χ0v) is 15.2. The first-order valence-corrected chi connectivity index (χ1v) is 8.87. The number of para-hydroxylation sites is 1. The molecule has 0 bridgehead atoms. The molecule has 1 aliphatic rings. The molecule has 1 atom stereocenters. The molecule has 1 heterocycles. The summed E-state index contributed by atoms with van der Waals surface area (Å²) in [5.41, 5.74) is 1.23. The van der Waals surface area contributed by atoms with Gasteiger partial charge >= 0.3 is 0 Å². The highest BCUT2D eigenvalue weighted by Crippen LogP contribution is 2.32. The van der Waals surface area contributed by atoms with Gasteiger partial charge in [0.2, 0.25) is 0 Å². The van der Waals surface area contributed by atoms with Crippen LogP contribution in [0.1, 0.15) is 38.7 Å². The zero-order chi connectivity index (χ0) is 16.7. The largest absolute Gasteiger partial charge is 0.493 e. The van der Waals surface area contributed by atoms with E-state index >= 15 is 0 Å². The summed E-state index contributed by atoms with van der Waals surface area (Å²) in [5, 5.41) is 0. The number of unbranched alkanes of at least 4 members (excludes halogenated alkanes) is 1. The van der Waals surface area contributed by atoms with Crippen molar-refractivity contribution in [3.63, 3.8) is 0 Å². The van der Waals surface area contributed by atoms with Crippen molar-refractivity contribution in [3.8, 4) is 11.5 Å². The fourth-order valence-corrected chi connectivity index (χ4v) is 3.20. The Hall–Kier alpha value is -1.26. The molecule has 0 N–H and O–H groups in total. The van der Waals surface area contributed by atoms with Crippen molar-refractivity contribution >= 4 is 0 Å². The molecule has 0 unspecified atom stereocenters. The quantitative estimate of drug-likeness (QED) is 0.719. The third-order valence-corrected chi connectivity index (χ3v) is 4.58. The normalized spacial score (nSPS) is 20.3. The molecular weight excluding hydrogens is 288 g/mol. The van der Waals surface area contributed by atoms with E-state index in [1.807, 2.05) is 6.07 Å². The molecule has 0 aromatic heterocycles. The first-order chi connectivity index (χ1) is 11.2. The molecule has 0 amide bonds. The summed E-state index contributed by atoms with van der Waals surface area (Å²) in [6, 6.07) is 6.78. The van der Waals surface area contributed by atoms with Gasteiger partial charge in [-0.25, -0.2) is 0 Å². The lowest BCUT2D eigenvalue weighted by Gasteiger charge is -2.28. The SMILES string of the molecule is CCCCOc1c(CN2CCCN(C)C[C@@H]2C)cccc1OC. The van der Waals surface area contributed by atoms with Gasteiger partial charge in [0.25, 0.3) is 0 Å². The molecule has 1 aliphatic heterocycles. The van der Waals surface area contributed by atoms with Crippen molar-refractivity contribution in [2.45, 2.75) is 45.7 Å². The van der Waals surface area contributed by atoms with Crippen LogP contribution in [0.15, 0.2) is 18.2 Å². The van der Waals surface area contributed by atoms with Crippen LogP contribution < -0.4 is 9.47 Å². The van der Waals surface area contributed by atoms with Gasteiger partial charge < -0.3 is 14.4 Å². The lowest BCUT2D eigenvalue weighted by Crippen LogP contribution is -2.37. The molecule has 0 radical (unpaired) electrons. The van der Waals surface area contributed by atoms with E-state index in [1.54, 1.807) is 7.11 Å². The Morgan fingerprint density at radius 2 is 2.09 bits per heavy atom. The smallest absolute Gasteiger partial charge is 0.165 e. The topological polar surface area (TPSA) is 24.9 Å². The fourth-order valence-electron chi connectivity index (χ4n) is 3.20. The molecule has 1 aromatic rings. The molecular formula is C19H32N2O2. The van der Waals surface area contributed by atoms with Crippen LogP contribution in [0.2, 0.25) is 0 Å². The number of hydrogen-bond donors (Lipinski definition) is 0. The molecule has 0 aliphatic carbocycles. The van der Waals surface area contributed by atoms with Crippen molar-refractivity contribution in [1.82, 2.24) is 9.80 Å². The van der Waals surface area contributed by atoms with Gasteiger partial charge in [0.15, 0.2) is 11.5 Å². The highest BCUT2D eigenvalue weighted by molar-refractivity contribution is 5.46. The summed E-state index contributed by atoms with van der Waals surface area (Å²) in [5.74, 6) is 1.77. The van der Waals surface area contributed by atoms with Crippen LogP contribution in [0.5, 0.6) is 11.5 Å². The zero-order valence-electron chi connectivity index (χ0n) is 15.2. The summed E-state index contributed by atoms with van der Waals surface area (Å²) < 4.78 is 11.6. The molecule has 4 heteroatoms. The van der Waals surface area contributed by atoms with Gasteiger partial charge in [-0.3, -0.25) is 4.90 Å². The van der Waals surface area contributed by atoms with Crippen molar-refractivity contribution in [3.05, 3.63) is 23.8 Å². The molecule has 130 valence electrons. The van der Waals surface area contributed by atoms with Crippen LogP contribution >= 0.6 is 0 Å². The summed E-state index contributed by atoms with van der Waals surface area (Å²) in [4.78, 5) is 4.99. The van der Waals surface area contributed by atoms with E-state index in [0.717, 1.165) is 50.6 Å². The standard InChI is InChI=1S/C19H32N2O2/c1-5-6-13-23-19-17(9-7-10-18(19)22-4)15-21-12-8-11-20(3)14-16(21)2/h7,9-10,16H,5-6,8,11-15H2,1-4H3/t16-/m0/s1. The molecule has 1 fully saturated rings. The lowest BCUT2D eigenvalue weighted by molar-refractivity contribution is 0.190. The third-order valence-electron chi connectivity index (χ3n) is 4.58. The van der Waals surface area contributed by atoms with E-state index in [4.69, 9.17) is 9.47 Å². The van der Waals surface area contributed by atoms with E-state index in [0.29, 0.717) is 6.04 Å². The van der Waals surface area contributed by atoms with E-state index in [1.165, 1.54) is 18.5 Å². The van der Waals surface area contributed by atoms with E-state index in [2.05, 4.69) is 42.8 Å². The second-order valence-electron chi connectivity index (χ2n) is 6.59. The summed E-state index contributed by atoms with van der Waals surface area (Å²) in [6.45, 7) is 9.61. The van der Waals surface area contributed by atoms with Crippen LogP contribution in [0, 0.1) is 0 Å². The summed E-state index contributed by atoms with van der Waals surface area (Å²) in [6.07, 6.45) is 3.43. The highest BCUT2D eigenvalue weighted by Gasteiger charge is 2.21. The Morgan fingerprint density at radius 1 is 1.26 bits per heavy atom. The fraction of sp³-hybridized carbons (Fsp3) is 0.684. The summed E-state index contributed by atoms with van der Waals surface area (Å²) >= 11 is 0. The molecule has 4 nitrogen and oxygen atoms in total. The lowest BCUT2D eigenvalue weighted by atomic mass is 10.1. The van der Waals surface area contributed by atoms with Crippen LogP contribution in [0.4, 0.5) is 0 Å². The number of hydrogen-bond acceptors (Lipinski definition) is 4. The maximum Gasteiger partial charge on any atom is 0.165 e. The number of ether oxygens (including phenoxy) is 2. The molecule has 1 saturated heterocycles. The van der Waals surface area contributed by atoms with Crippen LogP contribution in [-0.2, 0) is 6.54 Å². The first kappa shape index (κ1) is 18.1. The minimum Gasteiger partial charge on any atom is -0.493 e. The maximum absolute atomic E-state index is 6.07. The predicted octanol–water partition coefficient (Wildman–Crippen LogP) is 3.40. The number of nitrogens with zero attached hydrogens (tertiary/aromatic N) is 2. The number of rotatable bonds is 7. The van der Waals surface area contributed by atoms with Gasteiger partial charge in [-0.2, -0.15) is 0 Å². The second kappa shape index (κ2) is 9.14. The Labute approximate surface area is 141 Å². The van der Waals surface area contributed by atoms with E-state index in [9.17, 15) is 0 Å².